The van der Waals surface area contributed by atoms with E-state index in [1.54, 1.807) is 0 Å². The highest BCUT2D eigenvalue weighted by Gasteiger charge is 2.23. The van der Waals surface area contributed by atoms with Crippen molar-refractivity contribution >= 4 is 52.5 Å². The van der Waals surface area contributed by atoms with Crippen LogP contribution in [0.3, 0.4) is 0 Å². The Hall–Kier alpha value is -3.61. The number of hydrogen-bond acceptors (Lipinski definition) is 8. The number of aliphatic hydroxyl groups is 1. The smallest absolute Gasteiger partial charge is 0.305 e. The Morgan fingerprint density at radius 2 is 1.97 bits per heavy atom. The number of halogens is 2. The van der Waals surface area contributed by atoms with E-state index >= 15 is 0 Å². The van der Waals surface area contributed by atoms with Gasteiger partial charge in [0, 0.05) is 23.2 Å². The van der Waals surface area contributed by atoms with Gasteiger partial charge in [-0.05, 0) is 24.6 Å². The minimum atomic E-state index is -1.26. The molecular weight excluding hydrogens is 517 g/mol. The molecule has 7 N–H and O–H groups in total. The van der Waals surface area contributed by atoms with Crippen LogP contribution in [0.25, 0.3) is 0 Å². The summed E-state index contributed by atoms with van der Waals surface area (Å²) in [5.41, 5.74) is -0.376. The number of aliphatic imine (C=N–C) groups is 1. The van der Waals surface area contributed by atoms with Gasteiger partial charge in [0.1, 0.15) is 17.3 Å². The maximum absolute atomic E-state index is 12.6. The molecule has 0 saturated carbocycles. The first kappa shape index (κ1) is 27.0. The fraction of sp³-hybridized carbons (Fsp3) is 0.318. The van der Waals surface area contributed by atoms with E-state index in [1.165, 1.54) is 24.4 Å². The lowest BCUT2D eigenvalue weighted by atomic mass is 10.0. The van der Waals surface area contributed by atoms with Crippen LogP contribution >= 0.6 is 23.2 Å². The number of aliphatic hydroxyl groups excluding tert-OH is 1. The molecule has 0 aliphatic carbocycles. The number of nitrogens with zero attached hydrogens (tertiary/aromatic N) is 1. The van der Waals surface area contributed by atoms with E-state index in [1.807, 2.05) is 0 Å². The van der Waals surface area contributed by atoms with Gasteiger partial charge in [-0.25, -0.2) is 0 Å². The van der Waals surface area contributed by atoms with Crippen LogP contribution in [0.15, 0.2) is 34.2 Å². The van der Waals surface area contributed by atoms with E-state index in [-0.39, 0.29) is 33.4 Å². The summed E-state index contributed by atoms with van der Waals surface area (Å²) in [6.45, 7) is -0.325. The zero-order valence-electron chi connectivity index (χ0n) is 18.7. The van der Waals surface area contributed by atoms with Crippen molar-refractivity contribution in [3.63, 3.8) is 0 Å². The van der Waals surface area contributed by atoms with Crippen molar-refractivity contribution in [1.29, 1.82) is 0 Å². The number of carboxylic acid groups (broad SMARTS) is 1. The summed E-state index contributed by atoms with van der Waals surface area (Å²) in [4.78, 5) is 55.0. The van der Waals surface area contributed by atoms with E-state index in [0.717, 1.165) is 0 Å². The number of aromatic amines is 1. The van der Waals surface area contributed by atoms with E-state index in [4.69, 9.17) is 23.2 Å². The molecule has 192 valence electrons. The van der Waals surface area contributed by atoms with Crippen molar-refractivity contribution in [3.8, 4) is 5.75 Å². The van der Waals surface area contributed by atoms with Gasteiger partial charge in [-0.15, -0.1) is 0 Å². The van der Waals surface area contributed by atoms with Crippen molar-refractivity contribution in [3.05, 3.63) is 55.9 Å². The summed E-state index contributed by atoms with van der Waals surface area (Å²) in [6.07, 6.45) is 0.974. The fourth-order valence-corrected chi connectivity index (χ4v) is 3.94. The molecule has 1 aromatic heterocycles. The lowest BCUT2D eigenvalue weighted by Crippen LogP contribution is -2.39. The predicted octanol–water partition coefficient (Wildman–Crippen LogP) is 1.41. The van der Waals surface area contributed by atoms with Gasteiger partial charge in [-0.2, -0.15) is 0 Å². The summed E-state index contributed by atoms with van der Waals surface area (Å²) in [5.74, 6) is -2.62. The second-order valence-electron chi connectivity index (χ2n) is 7.96. The average molecular weight is 540 g/mol. The van der Waals surface area contributed by atoms with Crippen LogP contribution in [0.1, 0.15) is 41.2 Å². The van der Waals surface area contributed by atoms with E-state index in [2.05, 4.69) is 25.9 Å². The van der Waals surface area contributed by atoms with E-state index in [9.17, 15) is 34.5 Å². The van der Waals surface area contributed by atoms with Crippen LogP contribution < -0.4 is 21.5 Å². The molecular formula is C22H23Cl2N5O7. The number of benzene rings is 1. The van der Waals surface area contributed by atoms with Crippen LogP contribution in [-0.2, 0) is 9.59 Å². The number of carbonyl (C=O) groups is 3. The Morgan fingerprint density at radius 1 is 1.22 bits per heavy atom. The summed E-state index contributed by atoms with van der Waals surface area (Å²) in [5, 5.41) is 36.6. The normalized spacial score (nSPS) is 16.0. The molecule has 2 amide bonds. The lowest BCUT2D eigenvalue weighted by Gasteiger charge is -2.20. The number of aromatic nitrogens is 1. The molecule has 36 heavy (non-hydrogen) atoms. The standard InChI is InChI=1S/C22H23Cl2N5O7/c23-11-4-13(20(34)14(24)5-11)15(6-19(32)33)29-18(31)9-27-21(35)10-3-16(22(36)26-7-10)28-17-2-1-12(30)8-25-17/h3-5,7,12,15,30,34H,1-2,6,8-9H2,(H,25,28)(H,26,36)(H,27,35)(H,29,31)(H,32,33). The number of carboxylic acids is 1. The van der Waals surface area contributed by atoms with E-state index in [0.29, 0.717) is 18.7 Å². The first-order valence-corrected chi connectivity index (χ1v) is 11.5. The zero-order chi connectivity index (χ0) is 26.4. The predicted molar refractivity (Wildman–Crippen MR) is 132 cm³/mol. The lowest BCUT2D eigenvalue weighted by molar-refractivity contribution is -0.137. The van der Waals surface area contributed by atoms with Crippen molar-refractivity contribution < 1.29 is 29.7 Å². The number of phenols is 1. The average Bonchev–Trinajstić information content (AvgIpc) is 2.82. The number of hydrogen-bond donors (Lipinski definition) is 7. The Balaban J connectivity index is 1.66. The minimum Gasteiger partial charge on any atom is -0.506 e. The molecule has 2 aromatic rings. The topological polar surface area (TPSA) is 193 Å². The second kappa shape index (κ2) is 11.9. The molecule has 3 rings (SSSR count). The van der Waals surface area contributed by atoms with Gasteiger partial charge >= 0.3 is 5.97 Å². The van der Waals surface area contributed by atoms with Crippen molar-refractivity contribution in [2.24, 2.45) is 4.99 Å². The molecule has 14 heteroatoms. The highest BCUT2D eigenvalue weighted by molar-refractivity contribution is 6.35. The fourth-order valence-electron chi connectivity index (χ4n) is 3.43. The SMILES string of the molecule is O=C(O)CC(NC(=O)CNC(=O)c1c[nH]c(=O)c(NC2=NCC(O)CC2)c1)c1cc(Cl)cc(Cl)c1O. The molecule has 1 aliphatic rings. The second-order valence-corrected chi connectivity index (χ2v) is 8.81. The van der Waals surface area contributed by atoms with Gasteiger partial charge in [0.05, 0.1) is 42.2 Å². The van der Waals surface area contributed by atoms with Gasteiger partial charge in [-0.3, -0.25) is 24.2 Å². The largest absolute Gasteiger partial charge is 0.506 e. The number of aliphatic carboxylic acids is 1. The maximum Gasteiger partial charge on any atom is 0.305 e. The van der Waals surface area contributed by atoms with Crippen molar-refractivity contribution in [1.82, 2.24) is 15.6 Å². The van der Waals surface area contributed by atoms with Crippen LogP contribution in [0.5, 0.6) is 5.75 Å². The Kier molecular flexibility index (Phi) is 8.91. The minimum absolute atomic E-state index is 0.00377. The van der Waals surface area contributed by atoms with Gasteiger partial charge in [0.15, 0.2) is 0 Å². The van der Waals surface area contributed by atoms with Gasteiger partial charge in [0.2, 0.25) is 5.91 Å². The third-order valence-corrected chi connectivity index (χ3v) is 5.71. The third kappa shape index (κ3) is 7.20. The number of H-pyrrole nitrogens is 1. The molecule has 2 atom stereocenters. The maximum atomic E-state index is 12.6. The Labute approximate surface area is 214 Å². The quantitative estimate of drug-likeness (QED) is 0.261. The molecule has 0 spiro atoms. The highest BCUT2D eigenvalue weighted by Crippen LogP contribution is 2.36. The molecule has 2 unspecified atom stereocenters. The first-order chi connectivity index (χ1) is 17.0. The number of nitrogens with one attached hydrogen (secondary N) is 4. The number of pyridine rings is 1. The number of amidine groups is 1. The van der Waals surface area contributed by atoms with Crippen LogP contribution in [-0.4, -0.2) is 63.1 Å². The monoisotopic (exact) mass is 539 g/mol. The number of aromatic hydroxyl groups is 1. The summed E-state index contributed by atoms with van der Waals surface area (Å²) < 4.78 is 0. The Morgan fingerprint density at radius 3 is 2.64 bits per heavy atom. The third-order valence-electron chi connectivity index (χ3n) is 5.21. The number of rotatable bonds is 8. The summed E-state index contributed by atoms with van der Waals surface area (Å²) >= 11 is 11.8. The molecule has 1 aromatic carbocycles. The molecule has 12 nitrogen and oxygen atoms in total. The van der Waals surface area contributed by atoms with Crippen LogP contribution in [0, 0.1) is 0 Å². The van der Waals surface area contributed by atoms with Gasteiger partial charge in [-0.1, -0.05) is 23.2 Å². The molecule has 0 fully saturated rings. The highest BCUT2D eigenvalue weighted by atomic mass is 35.5. The van der Waals surface area contributed by atoms with Gasteiger partial charge < -0.3 is 36.3 Å². The molecule has 0 radical (unpaired) electrons. The van der Waals surface area contributed by atoms with Crippen LogP contribution in [0.4, 0.5) is 5.69 Å². The molecule has 0 saturated heterocycles. The van der Waals surface area contributed by atoms with Crippen molar-refractivity contribution in [2.75, 3.05) is 18.4 Å². The van der Waals surface area contributed by atoms with Crippen LogP contribution in [0.2, 0.25) is 10.0 Å². The summed E-state index contributed by atoms with van der Waals surface area (Å²) in [6, 6.07) is 2.65. The van der Waals surface area contributed by atoms with Crippen molar-refractivity contribution in [2.45, 2.75) is 31.4 Å². The molecule has 1 aliphatic heterocycles. The first-order valence-electron chi connectivity index (χ1n) is 10.7. The number of carbonyl (C=O) groups excluding carboxylic acids is 2. The van der Waals surface area contributed by atoms with E-state index < -0.39 is 54.2 Å². The molecule has 2 heterocycles. The number of amides is 2. The number of phenolic OH excluding ortho intramolecular Hbond substituents is 1. The van der Waals surface area contributed by atoms with Gasteiger partial charge in [0.25, 0.3) is 11.5 Å². The Bertz CT molecular complexity index is 1260. The zero-order valence-corrected chi connectivity index (χ0v) is 20.2. The molecule has 0 bridgehead atoms. The number of anilines is 1. The summed E-state index contributed by atoms with van der Waals surface area (Å²) in [7, 11) is 0.